The van der Waals surface area contributed by atoms with Gasteiger partial charge in [-0.2, -0.15) is 0 Å². The average Bonchev–Trinajstić information content (AvgIpc) is 3.36. The number of amides is 1. The molecule has 1 N–H and O–H groups in total. The molecular formula is C19H19ClN2O3S. The van der Waals surface area contributed by atoms with E-state index < -0.39 is 10.0 Å². The van der Waals surface area contributed by atoms with Crippen molar-refractivity contribution < 1.29 is 13.2 Å². The van der Waals surface area contributed by atoms with Gasteiger partial charge in [0.15, 0.2) is 0 Å². The minimum Gasteiger partial charge on any atom is -0.312 e. The number of aryl methyl sites for hydroxylation is 1. The van der Waals surface area contributed by atoms with Gasteiger partial charge in [0.2, 0.25) is 5.91 Å². The van der Waals surface area contributed by atoms with Crippen molar-refractivity contribution in [2.45, 2.75) is 31.1 Å². The zero-order valence-corrected chi connectivity index (χ0v) is 15.9. The summed E-state index contributed by atoms with van der Waals surface area (Å²) >= 11 is 5.97. The number of rotatable bonds is 4. The van der Waals surface area contributed by atoms with Gasteiger partial charge in [0.25, 0.3) is 10.0 Å². The summed E-state index contributed by atoms with van der Waals surface area (Å²) in [6.45, 7) is 2.44. The van der Waals surface area contributed by atoms with E-state index in [2.05, 4.69) is 4.72 Å². The van der Waals surface area contributed by atoms with E-state index in [1.54, 1.807) is 41.3 Å². The largest absolute Gasteiger partial charge is 0.312 e. The number of benzene rings is 2. The Morgan fingerprint density at radius 2 is 1.96 bits per heavy atom. The first-order valence-electron chi connectivity index (χ1n) is 8.58. The van der Waals surface area contributed by atoms with Crippen molar-refractivity contribution in [1.29, 1.82) is 0 Å². The van der Waals surface area contributed by atoms with E-state index in [1.807, 2.05) is 6.92 Å². The Morgan fingerprint density at radius 1 is 1.19 bits per heavy atom. The Balaban J connectivity index is 1.62. The molecule has 1 amide bonds. The van der Waals surface area contributed by atoms with Gasteiger partial charge in [-0.05, 0) is 67.6 Å². The molecule has 2 aromatic carbocycles. The number of anilines is 2. The first-order chi connectivity index (χ1) is 12.3. The highest BCUT2D eigenvalue weighted by atomic mass is 35.5. The number of fused-ring (bicyclic) bond motifs is 1. The van der Waals surface area contributed by atoms with E-state index in [0.29, 0.717) is 23.7 Å². The summed E-state index contributed by atoms with van der Waals surface area (Å²) < 4.78 is 28.1. The minimum atomic E-state index is -3.73. The Labute approximate surface area is 158 Å². The number of nitrogens with one attached hydrogen (secondary N) is 1. The van der Waals surface area contributed by atoms with Gasteiger partial charge in [0, 0.05) is 23.2 Å². The number of nitrogens with zero attached hydrogens (tertiary/aromatic N) is 1. The lowest BCUT2D eigenvalue weighted by molar-refractivity contribution is -0.119. The van der Waals surface area contributed by atoms with Crippen molar-refractivity contribution in [3.63, 3.8) is 0 Å². The molecule has 0 atom stereocenters. The van der Waals surface area contributed by atoms with Crippen LogP contribution in [0.4, 0.5) is 11.4 Å². The monoisotopic (exact) mass is 390 g/mol. The number of sulfonamides is 1. The highest BCUT2D eigenvalue weighted by Crippen LogP contribution is 2.37. The van der Waals surface area contributed by atoms with Gasteiger partial charge in [-0.3, -0.25) is 9.52 Å². The number of halogens is 1. The normalized spacial score (nSPS) is 16.5. The summed E-state index contributed by atoms with van der Waals surface area (Å²) in [6, 6.07) is 10.0. The highest BCUT2D eigenvalue weighted by Gasteiger charge is 2.36. The van der Waals surface area contributed by atoms with Crippen LogP contribution in [0.15, 0.2) is 41.3 Å². The quantitative estimate of drug-likeness (QED) is 0.864. The number of hydrogen-bond acceptors (Lipinski definition) is 3. The molecule has 2 aliphatic rings. The molecule has 4 rings (SSSR count). The van der Waals surface area contributed by atoms with Gasteiger partial charge in [-0.25, -0.2) is 8.42 Å². The van der Waals surface area contributed by atoms with Crippen LogP contribution in [-0.4, -0.2) is 20.9 Å². The molecule has 1 heterocycles. The van der Waals surface area contributed by atoms with E-state index in [-0.39, 0.29) is 16.7 Å². The second kappa shape index (κ2) is 6.28. The fraction of sp³-hybridized carbons (Fsp3) is 0.316. The Morgan fingerprint density at radius 3 is 2.69 bits per heavy atom. The van der Waals surface area contributed by atoms with Crippen LogP contribution >= 0.6 is 11.6 Å². The van der Waals surface area contributed by atoms with Crippen molar-refractivity contribution in [3.05, 3.63) is 52.5 Å². The molecule has 0 saturated heterocycles. The third kappa shape index (κ3) is 3.19. The lowest BCUT2D eigenvalue weighted by Crippen LogP contribution is -2.30. The molecule has 1 aliphatic heterocycles. The van der Waals surface area contributed by atoms with Crippen molar-refractivity contribution in [2.75, 3.05) is 16.2 Å². The predicted octanol–water partition coefficient (Wildman–Crippen LogP) is 3.75. The summed E-state index contributed by atoms with van der Waals surface area (Å²) in [4.78, 5) is 14.3. The molecule has 7 heteroatoms. The van der Waals surface area contributed by atoms with E-state index >= 15 is 0 Å². The maximum Gasteiger partial charge on any atom is 0.261 e. The standard InChI is InChI=1S/C19H19ClN2O3S/c1-12-2-5-15(20)11-17(12)21-26(24,25)16-6-7-18-14(10-16)8-9-22(18)19(23)13-3-4-13/h2,5-7,10-11,13,21H,3-4,8-9H2,1H3. The van der Waals surface area contributed by atoms with E-state index in [4.69, 9.17) is 11.6 Å². The zero-order valence-electron chi connectivity index (χ0n) is 14.3. The molecule has 1 aliphatic carbocycles. The summed E-state index contributed by atoms with van der Waals surface area (Å²) in [5.41, 5.74) is 2.98. The van der Waals surface area contributed by atoms with Crippen LogP contribution in [0, 0.1) is 12.8 Å². The Hall–Kier alpha value is -2.05. The van der Waals surface area contributed by atoms with E-state index in [0.717, 1.165) is 29.7 Å². The molecule has 2 aromatic rings. The third-order valence-electron chi connectivity index (χ3n) is 4.89. The first kappa shape index (κ1) is 17.4. The fourth-order valence-corrected chi connectivity index (χ4v) is 4.58. The van der Waals surface area contributed by atoms with Crippen LogP contribution in [-0.2, 0) is 21.2 Å². The van der Waals surface area contributed by atoms with Crippen LogP contribution in [0.3, 0.4) is 0 Å². The van der Waals surface area contributed by atoms with E-state index in [9.17, 15) is 13.2 Å². The van der Waals surface area contributed by atoms with Crippen LogP contribution < -0.4 is 9.62 Å². The molecule has 5 nitrogen and oxygen atoms in total. The summed E-state index contributed by atoms with van der Waals surface area (Å²) in [5, 5.41) is 0.469. The van der Waals surface area contributed by atoms with Crippen LogP contribution in [0.1, 0.15) is 24.0 Å². The lowest BCUT2D eigenvalue weighted by atomic mass is 10.2. The van der Waals surface area contributed by atoms with Gasteiger partial charge in [0.1, 0.15) is 0 Å². The second-order valence-electron chi connectivity index (χ2n) is 6.87. The molecule has 26 heavy (non-hydrogen) atoms. The molecule has 0 radical (unpaired) electrons. The van der Waals surface area contributed by atoms with Gasteiger partial charge < -0.3 is 4.90 Å². The molecule has 0 spiro atoms. The maximum absolute atomic E-state index is 12.8. The highest BCUT2D eigenvalue weighted by molar-refractivity contribution is 7.92. The van der Waals surface area contributed by atoms with Crippen molar-refractivity contribution in [2.24, 2.45) is 5.92 Å². The number of carbonyl (C=O) groups is 1. The predicted molar refractivity (Wildman–Crippen MR) is 102 cm³/mol. The van der Waals surface area contributed by atoms with Crippen molar-refractivity contribution >= 4 is 38.9 Å². The molecule has 136 valence electrons. The minimum absolute atomic E-state index is 0.150. The SMILES string of the molecule is Cc1ccc(Cl)cc1NS(=O)(=O)c1ccc2c(c1)CCN2C(=O)C1CC1. The Bertz CT molecular complexity index is 1000. The van der Waals surface area contributed by atoms with Crippen molar-refractivity contribution in [1.82, 2.24) is 0 Å². The number of hydrogen-bond donors (Lipinski definition) is 1. The molecule has 0 aromatic heterocycles. The lowest BCUT2D eigenvalue weighted by Gasteiger charge is -2.17. The molecule has 1 saturated carbocycles. The van der Waals surface area contributed by atoms with Gasteiger partial charge in [-0.1, -0.05) is 17.7 Å². The second-order valence-corrected chi connectivity index (χ2v) is 8.99. The summed E-state index contributed by atoms with van der Waals surface area (Å²) in [6.07, 6.45) is 2.59. The maximum atomic E-state index is 12.8. The van der Waals surface area contributed by atoms with Crippen LogP contribution in [0.2, 0.25) is 5.02 Å². The van der Waals surface area contributed by atoms with E-state index in [1.165, 1.54) is 0 Å². The number of carbonyl (C=O) groups excluding carboxylic acids is 1. The Kier molecular flexibility index (Phi) is 4.20. The smallest absolute Gasteiger partial charge is 0.261 e. The summed E-state index contributed by atoms with van der Waals surface area (Å²) in [7, 11) is -3.73. The molecule has 1 fully saturated rings. The topological polar surface area (TPSA) is 66.5 Å². The first-order valence-corrected chi connectivity index (χ1v) is 10.4. The third-order valence-corrected chi connectivity index (χ3v) is 6.49. The molecular weight excluding hydrogens is 372 g/mol. The van der Waals surface area contributed by atoms with Crippen LogP contribution in [0.25, 0.3) is 0 Å². The van der Waals surface area contributed by atoms with Gasteiger partial charge in [0.05, 0.1) is 10.6 Å². The van der Waals surface area contributed by atoms with Crippen LogP contribution in [0.5, 0.6) is 0 Å². The summed E-state index contributed by atoms with van der Waals surface area (Å²) in [5.74, 6) is 0.309. The van der Waals surface area contributed by atoms with Crippen molar-refractivity contribution in [3.8, 4) is 0 Å². The zero-order chi connectivity index (χ0) is 18.5. The molecule has 0 bridgehead atoms. The fourth-order valence-electron chi connectivity index (χ4n) is 3.23. The van der Waals surface area contributed by atoms with Gasteiger partial charge >= 0.3 is 0 Å². The molecule has 0 unspecified atom stereocenters. The van der Waals surface area contributed by atoms with Gasteiger partial charge in [-0.15, -0.1) is 0 Å². The average molecular weight is 391 g/mol.